The van der Waals surface area contributed by atoms with Crippen LogP contribution in [0.15, 0.2) is 0 Å². The smallest absolute Gasteiger partial charge is 0.240 e. The van der Waals surface area contributed by atoms with Gasteiger partial charge in [-0.25, -0.2) is 0 Å². The van der Waals surface area contributed by atoms with Gasteiger partial charge < -0.3 is 16.8 Å². The van der Waals surface area contributed by atoms with Crippen LogP contribution in [0.4, 0.5) is 0 Å². The van der Waals surface area contributed by atoms with Crippen molar-refractivity contribution >= 4 is 11.8 Å². The monoisotopic (exact) mass is 269 g/mol. The first-order valence-electron chi connectivity index (χ1n) is 7.13. The Bertz CT molecular complexity index is 334. The van der Waals surface area contributed by atoms with E-state index >= 15 is 0 Å². The highest BCUT2D eigenvalue weighted by Crippen LogP contribution is 2.38. The SMILES string of the molecule is CC1CCC(CN)(C(=O)NC(C(N)=O)C(C)C)CC1. The summed E-state index contributed by atoms with van der Waals surface area (Å²) in [6, 6.07) is -0.615. The average molecular weight is 269 g/mol. The van der Waals surface area contributed by atoms with Gasteiger partial charge in [-0.3, -0.25) is 9.59 Å². The lowest BCUT2D eigenvalue weighted by Gasteiger charge is -2.38. The maximum atomic E-state index is 12.5. The zero-order valence-electron chi connectivity index (χ0n) is 12.2. The number of rotatable bonds is 5. The van der Waals surface area contributed by atoms with Crippen molar-refractivity contribution in [1.29, 1.82) is 0 Å². The topological polar surface area (TPSA) is 98.2 Å². The Morgan fingerprint density at radius 2 is 1.84 bits per heavy atom. The molecule has 1 aliphatic rings. The van der Waals surface area contributed by atoms with Crippen LogP contribution >= 0.6 is 0 Å². The van der Waals surface area contributed by atoms with Crippen molar-refractivity contribution in [3.05, 3.63) is 0 Å². The van der Waals surface area contributed by atoms with Crippen LogP contribution in [0, 0.1) is 17.3 Å². The molecule has 19 heavy (non-hydrogen) atoms. The van der Waals surface area contributed by atoms with Crippen LogP contribution in [0.3, 0.4) is 0 Å². The van der Waals surface area contributed by atoms with Crippen molar-refractivity contribution < 1.29 is 9.59 Å². The van der Waals surface area contributed by atoms with Crippen molar-refractivity contribution in [3.8, 4) is 0 Å². The third-order valence-corrected chi connectivity index (χ3v) is 4.36. The number of primary amides is 1. The van der Waals surface area contributed by atoms with E-state index in [0.29, 0.717) is 12.5 Å². The molecule has 0 aromatic heterocycles. The standard InChI is InChI=1S/C14H27N3O2/c1-9(2)11(12(16)18)17-13(19)14(8-15)6-4-10(3)5-7-14/h9-11H,4-8,15H2,1-3H3,(H2,16,18)(H,17,19). The molecular weight excluding hydrogens is 242 g/mol. The van der Waals surface area contributed by atoms with E-state index in [4.69, 9.17) is 11.5 Å². The Morgan fingerprint density at radius 1 is 1.32 bits per heavy atom. The summed E-state index contributed by atoms with van der Waals surface area (Å²) in [6.07, 6.45) is 3.60. The Balaban J connectivity index is 2.76. The van der Waals surface area contributed by atoms with Gasteiger partial charge in [0.2, 0.25) is 11.8 Å². The number of amides is 2. The van der Waals surface area contributed by atoms with E-state index in [2.05, 4.69) is 12.2 Å². The molecule has 1 unspecified atom stereocenters. The third-order valence-electron chi connectivity index (χ3n) is 4.36. The van der Waals surface area contributed by atoms with Gasteiger partial charge >= 0.3 is 0 Å². The van der Waals surface area contributed by atoms with Crippen LogP contribution < -0.4 is 16.8 Å². The van der Waals surface area contributed by atoms with Gasteiger partial charge in [0.25, 0.3) is 0 Å². The minimum atomic E-state index is -0.615. The fraction of sp³-hybridized carbons (Fsp3) is 0.857. The van der Waals surface area contributed by atoms with Crippen LogP contribution in [0.25, 0.3) is 0 Å². The molecule has 0 aliphatic heterocycles. The van der Waals surface area contributed by atoms with Crippen LogP contribution in [0.2, 0.25) is 0 Å². The maximum absolute atomic E-state index is 12.5. The van der Waals surface area contributed by atoms with E-state index in [1.807, 2.05) is 13.8 Å². The van der Waals surface area contributed by atoms with Crippen molar-refractivity contribution in [2.24, 2.45) is 28.7 Å². The van der Waals surface area contributed by atoms with Gasteiger partial charge in [0.1, 0.15) is 6.04 Å². The Hall–Kier alpha value is -1.10. The molecule has 1 atom stereocenters. The Morgan fingerprint density at radius 3 is 2.21 bits per heavy atom. The summed E-state index contributed by atoms with van der Waals surface area (Å²) in [5, 5.41) is 2.80. The molecule has 0 aromatic rings. The van der Waals surface area contributed by atoms with Gasteiger partial charge in [-0.1, -0.05) is 20.8 Å². The van der Waals surface area contributed by atoms with Crippen molar-refractivity contribution in [3.63, 3.8) is 0 Å². The maximum Gasteiger partial charge on any atom is 0.240 e. The van der Waals surface area contributed by atoms with Crippen LogP contribution in [0.5, 0.6) is 0 Å². The minimum Gasteiger partial charge on any atom is -0.368 e. The molecule has 1 rings (SSSR count). The summed E-state index contributed by atoms with van der Waals surface area (Å²) in [5.74, 6) is 0.0300. The molecule has 5 heteroatoms. The summed E-state index contributed by atoms with van der Waals surface area (Å²) in [6.45, 7) is 6.26. The van der Waals surface area contributed by atoms with Gasteiger partial charge in [0, 0.05) is 6.54 Å². The van der Waals surface area contributed by atoms with E-state index in [-0.39, 0.29) is 11.8 Å². The highest BCUT2D eigenvalue weighted by molar-refractivity contribution is 5.89. The second-order valence-electron chi connectivity index (χ2n) is 6.26. The molecule has 0 radical (unpaired) electrons. The molecule has 0 spiro atoms. The first-order valence-corrected chi connectivity index (χ1v) is 7.13. The van der Waals surface area contributed by atoms with Crippen molar-refractivity contribution in [2.45, 2.75) is 52.5 Å². The lowest BCUT2D eigenvalue weighted by molar-refractivity contribution is -0.136. The molecule has 0 aromatic carbocycles. The summed E-state index contributed by atoms with van der Waals surface area (Å²) < 4.78 is 0. The quantitative estimate of drug-likeness (QED) is 0.687. The molecular formula is C14H27N3O2. The Labute approximate surface area is 115 Å². The van der Waals surface area contributed by atoms with E-state index in [1.165, 1.54) is 0 Å². The number of hydrogen-bond acceptors (Lipinski definition) is 3. The second kappa shape index (κ2) is 6.37. The number of hydrogen-bond donors (Lipinski definition) is 3. The van der Waals surface area contributed by atoms with Crippen molar-refractivity contribution in [2.75, 3.05) is 6.54 Å². The summed E-state index contributed by atoms with van der Waals surface area (Å²) in [5.41, 5.74) is 10.7. The summed E-state index contributed by atoms with van der Waals surface area (Å²) in [7, 11) is 0. The molecule has 5 nitrogen and oxygen atoms in total. The number of carbonyl (C=O) groups is 2. The number of carbonyl (C=O) groups excluding carboxylic acids is 2. The Kier molecular flexibility index (Phi) is 5.35. The molecule has 0 bridgehead atoms. The van der Waals surface area contributed by atoms with Gasteiger partial charge in [-0.2, -0.15) is 0 Å². The molecule has 0 saturated heterocycles. The van der Waals surface area contributed by atoms with Crippen molar-refractivity contribution in [1.82, 2.24) is 5.32 Å². The zero-order chi connectivity index (χ0) is 14.6. The van der Waals surface area contributed by atoms with Crippen LogP contribution in [-0.4, -0.2) is 24.4 Å². The van der Waals surface area contributed by atoms with Gasteiger partial charge in [-0.15, -0.1) is 0 Å². The third kappa shape index (κ3) is 3.69. The molecule has 1 fully saturated rings. The molecule has 110 valence electrons. The number of nitrogens with two attached hydrogens (primary N) is 2. The van der Waals surface area contributed by atoms with E-state index in [1.54, 1.807) is 0 Å². The molecule has 5 N–H and O–H groups in total. The predicted molar refractivity (Wildman–Crippen MR) is 75.1 cm³/mol. The lowest BCUT2D eigenvalue weighted by atomic mass is 9.70. The highest BCUT2D eigenvalue weighted by atomic mass is 16.2. The van der Waals surface area contributed by atoms with Crippen LogP contribution in [0.1, 0.15) is 46.5 Å². The molecule has 1 saturated carbocycles. The number of nitrogens with one attached hydrogen (secondary N) is 1. The molecule has 2 amide bonds. The first-order chi connectivity index (χ1) is 8.82. The molecule has 1 aliphatic carbocycles. The largest absolute Gasteiger partial charge is 0.368 e. The fourth-order valence-electron chi connectivity index (χ4n) is 2.70. The van der Waals surface area contributed by atoms with E-state index in [9.17, 15) is 9.59 Å². The molecule has 0 heterocycles. The van der Waals surface area contributed by atoms with Gasteiger partial charge in [0.15, 0.2) is 0 Å². The van der Waals surface area contributed by atoms with Crippen LogP contribution in [-0.2, 0) is 9.59 Å². The predicted octanol–water partition coefficient (Wildman–Crippen LogP) is 0.768. The normalized spacial score (nSPS) is 29.0. The van der Waals surface area contributed by atoms with E-state index in [0.717, 1.165) is 25.7 Å². The minimum absolute atomic E-state index is 0.0150. The van der Waals surface area contributed by atoms with Gasteiger partial charge in [-0.05, 0) is 37.5 Å². The summed E-state index contributed by atoms with van der Waals surface area (Å²) >= 11 is 0. The summed E-state index contributed by atoms with van der Waals surface area (Å²) in [4.78, 5) is 23.9. The first kappa shape index (κ1) is 16.0. The van der Waals surface area contributed by atoms with Gasteiger partial charge in [0.05, 0.1) is 5.41 Å². The van der Waals surface area contributed by atoms with E-state index < -0.39 is 17.4 Å². The fourth-order valence-corrected chi connectivity index (χ4v) is 2.70. The second-order valence-corrected chi connectivity index (χ2v) is 6.26. The zero-order valence-corrected chi connectivity index (χ0v) is 12.2. The average Bonchev–Trinajstić information content (AvgIpc) is 2.36. The lowest BCUT2D eigenvalue weighted by Crippen LogP contribution is -2.55. The highest BCUT2D eigenvalue weighted by Gasteiger charge is 2.41.